The van der Waals surface area contributed by atoms with Crippen molar-refractivity contribution >= 4 is 17.0 Å². The predicted octanol–water partition coefficient (Wildman–Crippen LogP) is 2.13. The van der Waals surface area contributed by atoms with Crippen molar-refractivity contribution in [1.29, 1.82) is 0 Å². The van der Waals surface area contributed by atoms with Gasteiger partial charge in [-0.2, -0.15) is 13.2 Å². The van der Waals surface area contributed by atoms with Gasteiger partial charge in [-0.05, 0) is 12.8 Å². The van der Waals surface area contributed by atoms with Crippen molar-refractivity contribution in [3.8, 4) is 0 Å². The second-order valence-electron chi connectivity index (χ2n) is 4.63. The number of hydrogen-bond acceptors (Lipinski definition) is 4. The number of anilines is 1. The van der Waals surface area contributed by atoms with Crippen LogP contribution in [0.4, 0.5) is 19.0 Å². The Bertz CT molecular complexity index is 579. The first-order valence-corrected chi connectivity index (χ1v) is 6.01. The molecule has 3 heterocycles. The van der Waals surface area contributed by atoms with E-state index in [1.807, 2.05) is 0 Å². The molecule has 0 bridgehead atoms. The zero-order valence-electron chi connectivity index (χ0n) is 9.98. The number of H-pyrrole nitrogens is 1. The molecular formula is C11H12F3N5. The summed E-state index contributed by atoms with van der Waals surface area (Å²) in [6, 6.07) is 0. The Balaban J connectivity index is 1.91. The van der Waals surface area contributed by atoms with Crippen LogP contribution in [-0.2, 0) is 0 Å². The van der Waals surface area contributed by atoms with Gasteiger partial charge in [-0.25, -0.2) is 15.0 Å². The molecule has 0 spiro atoms. The Morgan fingerprint density at radius 2 is 2.11 bits per heavy atom. The molecule has 0 aromatic carbocycles. The number of rotatable bonds is 1. The molecule has 0 aliphatic carbocycles. The third-order valence-electron chi connectivity index (χ3n) is 3.39. The zero-order chi connectivity index (χ0) is 13.5. The molecule has 3 rings (SSSR count). The number of alkyl halides is 3. The normalized spacial score (nSPS) is 21.0. The Labute approximate surface area is 106 Å². The van der Waals surface area contributed by atoms with E-state index in [0.717, 1.165) is 0 Å². The van der Waals surface area contributed by atoms with Crippen LogP contribution in [0.15, 0.2) is 12.7 Å². The zero-order valence-corrected chi connectivity index (χ0v) is 9.98. The van der Waals surface area contributed by atoms with E-state index in [2.05, 4.69) is 19.9 Å². The number of nitrogens with zero attached hydrogens (tertiary/aromatic N) is 4. The smallest absolute Gasteiger partial charge is 0.354 e. The maximum absolute atomic E-state index is 12.8. The van der Waals surface area contributed by atoms with Gasteiger partial charge in [0.2, 0.25) is 0 Å². The average molecular weight is 271 g/mol. The van der Waals surface area contributed by atoms with Crippen molar-refractivity contribution in [1.82, 2.24) is 19.9 Å². The highest BCUT2D eigenvalue weighted by Gasteiger charge is 2.42. The van der Waals surface area contributed by atoms with Crippen molar-refractivity contribution in [3.63, 3.8) is 0 Å². The number of halogens is 3. The molecule has 0 radical (unpaired) electrons. The van der Waals surface area contributed by atoms with Crippen LogP contribution in [-0.4, -0.2) is 39.2 Å². The van der Waals surface area contributed by atoms with Gasteiger partial charge in [0.25, 0.3) is 0 Å². The van der Waals surface area contributed by atoms with E-state index in [-0.39, 0.29) is 13.0 Å². The van der Waals surface area contributed by atoms with Crippen LogP contribution in [0.2, 0.25) is 0 Å². The Kier molecular flexibility index (Phi) is 2.79. The number of fused-ring (bicyclic) bond motifs is 1. The summed E-state index contributed by atoms with van der Waals surface area (Å²) in [5, 5.41) is 0. The van der Waals surface area contributed by atoms with Crippen molar-refractivity contribution in [2.24, 2.45) is 5.92 Å². The van der Waals surface area contributed by atoms with Crippen LogP contribution in [0.5, 0.6) is 0 Å². The minimum Gasteiger partial charge on any atom is -0.354 e. The molecule has 0 saturated carbocycles. The number of nitrogens with one attached hydrogen (secondary N) is 1. The standard InChI is InChI=1S/C11H12F3N5/c12-11(13,14)7-2-1-3-19(4-7)10-8-9(16-5-15-8)17-6-18-10/h5-7H,1-4H2,(H,15,16,17,18)/t7-/m0/s1. The Hall–Kier alpha value is -1.86. The molecular weight excluding hydrogens is 259 g/mol. The topological polar surface area (TPSA) is 57.7 Å². The lowest BCUT2D eigenvalue weighted by atomic mass is 9.97. The summed E-state index contributed by atoms with van der Waals surface area (Å²) in [6.45, 7) is 0.506. The first kappa shape index (κ1) is 12.2. The molecule has 5 nitrogen and oxygen atoms in total. The van der Waals surface area contributed by atoms with Gasteiger partial charge in [0.05, 0.1) is 12.2 Å². The molecule has 2 aromatic rings. The van der Waals surface area contributed by atoms with E-state index in [4.69, 9.17) is 0 Å². The molecule has 19 heavy (non-hydrogen) atoms. The summed E-state index contributed by atoms with van der Waals surface area (Å²) < 4.78 is 38.4. The third kappa shape index (κ3) is 2.22. The van der Waals surface area contributed by atoms with E-state index in [1.54, 1.807) is 4.90 Å². The number of imidazole rings is 1. The number of aromatic nitrogens is 4. The molecule has 102 valence electrons. The van der Waals surface area contributed by atoms with Crippen LogP contribution < -0.4 is 4.90 Å². The first-order valence-electron chi connectivity index (χ1n) is 6.01. The van der Waals surface area contributed by atoms with Crippen LogP contribution in [0.1, 0.15) is 12.8 Å². The van der Waals surface area contributed by atoms with E-state index >= 15 is 0 Å². The highest BCUT2D eigenvalue weighted by Crippen LogP contribution is 2.35. The van der Waals surface area contributed by atoms with Gasteiger partial charge >= 0.3 is 6.18 Å². The highest BCUT2D eigenvalue weighted by molar-refractivity contribution is 5.82. The van der Waals surface area contributed by atoms with Crippen molar-refractivity contribution < 1.29 is 13.2 Å². The SMILES string of the molecule is FC(F)(F)[C@H]1CCCN(c2ncnc3nc[nH]c23)C1. The summed E-state index contributed by atoms with van der Waals surface area (Å²) in [5.74, 6) is -0.800. The van der Waals surface area contributed by atoms with Crippen LogP contribution in [0, 0.1) is 5.92 Å². The number of hydrogen-bond donors (Lipinski definition) is 1. The van der Waals surface area contributed by atoms with Gasteiger partial charge in [-0.1, -0.05) is 0 Å². The van der Waals surface area contributed by atoms with Crippen molar-refractivity contribution in [3.05, 3.63) is 12.7 Å². The molecule has 2 aromatic heterocycles. The van der Waals surface area contributed by atoms with Gasteiger partial charge in [0.15, 0.2) is 11.5 Å². The molecule has 1 fully saturated rings. The maximum Gasteiger partial charge on any atom is 0.393 e. The van der Waals surface area contributed by atoms with E-state index in [1.165, 1.54) is 12.7 Å². The van der Waals surface area contributed by atoms with E-state index < -0.39 is 12.1 Å². The highest BCUT2D eigenvalue weighted by atomic mass is 19.4. The molecule has 1 saturated heterocycles. The molecule has 8 heteroatoms. The maximum atomic E-state index is 12.8. The lowest BCUT2D eigenvalue weighted by Gasteiger charge is -2.34. The molecule has 1 aliphatic rings. The predicted molar refractivity (Wildman–Crippen MR) is 62.7 cm³/mol. The third-order valence-corrected chi connectivity index (χ3v) is 3.39. The lowest BCUT2D eigenvalue weighted by Crippen LogP contribution is -2.42. The minimum atomic E-state index is -4.15. The van der Waals surface area contributed by atoms with Crippen molar-refractivity contribution in [2.75, 3.05) is 18.0 Å². The largest absolute Gasteiger partial charge is 0.393 e. The number of piperidine rings is 1. The molecule has 1 N–H and O–H groups in total. The molecule has 0 amide bonds. The number of aromatic amines is 1. The van der Waals surface area contributed by atoms with Crippen molar-refractivity contribution in [2.45, 2.75) is 19.0 Å². The summed E-state index contributed by atoms with van der Waals surface area (Å²) in [6.07, 6.45) is -0.677. The second-order valence-corrected chi connectivity index (χ2v) is 4.63. The van der Waals surface area contributed by atoms with E-state index in [0.29, 0.717) is 29.9 Å². The lowest BCUT2D eigenvalue weighted by molar-refractivity contribution is -0.176. The van der Waals surface area contributed by atoms with Gasteiger partial charge < -0.3 is 9.88 Å². The molecule has 1 aliphatic heterocycles. The average Bonchev–Trinajstić information content (AvgIpc) is 2.86. The van der Waals surface area contributed by atoms with Gasteiger partial charge in [-0.3, -0.25) is 0 Å². The van der Waals surface area contributed by atoms with E-state index in [9.17, 15) is 13.2 Å². The summed E-state index contributed by atoms with van der Waals surface area (Å²) >= 11 is 0. The fraction of sp³-hybridized carbons (Fsp3) is 0.545. The van der Waals surface area contributed by atoms with Gasteiger partial charge in [0.1, 0.15) is 11.8 Å². The van der Waals surface area contributed by atoms with Crippen LogP contribution in [0.25, 0.3) is 11.2 Å². The summed E-state index contributed by atoms with van der Waals surface area (Å²) in [7, 11) is 0. The van der Waals surface area contributed by atoms with Gasteiger partial charge in [-0.15, -0.1) is 0 Å². The monoisotopic (exact) mass is 271 g/mol. The first-order chi connectivity index (χ1) is 9.05. The fourth-order valence-corrected chi connectivity index (χ4v) is 2.43. The molecule has 0 unspecified atom stereocenters. The second kappa shape index (κ2) is 4.36. The quantitative estimate of drug-likeness (QED) is 0.863. The van der Waals surface area contributed by atoms with Crippen LogP contribution >= 0.6 is 0 Å². The fourth-order valence-electron chi connectivity index (χ4n) is 2.43. The van der Waals surface area contributed by atoms with Crippen LogP contribution in [0.3, 0.4) is 0 Å². The summed E-state index contributed by atoms with van der Waals surface area (Å²) in [4.78, 5) is 16.6. The Morgan fingerprint density at radius 1 is 1.26 bits per heavy atom. The molecule has 1 atom stereocenters. The summed E-state index contributed by atoms with van der Waals surface area (Å²) in [5.41, 5.74) is 1.06. The minimum absolute atomic E-state index is 0.0609. The van der Waals surface area contributed by atoms with Gasteiger partial charge in [0, 0.05) is 13.1 Å². The Morgan fingerprint density at radius 3 is 2.89 bits per heavy atom.